The monoisotopic (exact) mass is 236 g/mol. The van der Waals surface area contributed by atoms with Crippen molar-refractivity contribution in [3.63, 3.8) is 0 Å². The molecule has 7 heteroatoms. The quantitative estimate of drug-likeness (QED) is 0.801. The fourth-order valence-electron chi connectivity index (χ4n) is 1.31. The number of Topliss-reactive ketones (excluding diaryl/α,β-unsaturated/α-hetero) is 1. The number of carbonyl (C=O) groups excluding carboxylic acids is 1. The number of hydrogen-bond acceptors (Lipinski definition) is 3. The summed E-state index contributed by atoms with van der Waals surface area (Å²) in [6.45, 7) is 2.09. The molecule has 88 valence electrons. The molecule has 0 saturated carbocycles. The van der Waals surface area contributed by atoms with Crippen molar-refractivity contribution in [3.8, 4) is 0 Å². The maximum atomic E-state index is 12.4. The minimum atomic E-state index is -4.94. The number of rotatable bonds is 2. The summed E-state index contributed by atoms with van der Waals surface area (Å²) in [4.78, 5) is 21.6. The summed E-state index contributed by atoms with van der Waals surface area (Å²) in [6.07, 6.45) is -4.94. The third-order valence-electron chi connectivity index (χ3n) is 1.94. The van der Waals surface area contributed by atoms with Crippen LogP contribution >= 0.6 is 0 Å². The number of carboxylic acids is 1. The van der Waals surface area contributed by atoms with E-state index in [0.29, 0.717) is 0 Å². The van der Waals surface area contributed by atoms with Gasteiger partial charge < -0.3 is 9.52 Å². The molecule has 1 rings (SSSR count). The second kappa shape index (κ2) is 3.66. The van der Waals surface area contributed by atoms with Crippen molar-refractivity contribution in [1.82, 2.24) is 0 Å². The van der Waals surface area contributed by atoms with Crippen LogP contribution in [0, 0.1) is 6.92 Å². The zero-order valence-electron chi connectivity index (χ0n) is 8.31. The molecule has 0 spiro atoms. The van der Waals surface area contributed by atoms with Crippen molar-refractivity contribution in [2.24, 2.45) is 0 Å². The zero-order valence-corrected chi connectivity index (χ0v) is 8.31. The topological polar surface area (TPSA) is 67.5 Å². The Hall–Kier alpha value is -1.79. The highest BCUT2D eigenvalue weighted by atomic mass is 19.4. The standard InChI is InChI=1S/C9H7F3O4/c1-3-5(8(14)15)7(9(10,11)12)16-6(3)4(2)13/h1-2H3,(H,14,15). The Kier molecular flexibility index (Phi) is 2.81. The van der Waals surface area contributed by atoms with Crippen LogP contribution in [0.1, 0.15) is 39.2 Å². The van der Waals surface area contributed by atoms with Gasteiger partial charge in [-0.3, -0.25) is 4.79 Å². The minimum Gasteiger partial charge on any atom is -0.478 e. The highest BCUT2D eigenvalue weighted by molar-refractivity contribution is 5.98. The summed E-state index contributed by atoms with van der Waals surface area (Å²) < 4.78 is 41.5. The lowest BCUT2D eigenvalue weighted by atomic mass is 10.1. The normalized spacial score (nSPS) is 11.6. The Labute approximate surface area is 87.7 Å². The molecule has 0 aliphatic heterocycles. The van der Waals surface area contributed by atoms with Gasteiger partial charge in [-0.15, -0.1) is 0 Å². The Morgan fingerprint density at radius 1 is 1.31 bits per heavy atom. The van der Waals surface area contributed by atoms with E-state index in [4.69, 9.17) is 5.11 Å². The van der Waals surface area contributed by atoms with Crippen LogP contribution in [-0.4, -0.2) is 16.9 Å². The Morgan fingerprint density at radius 2 is 1.81 bits per heavy atom. The van der Waals surface area contributed by atoms with Gasteiger partial charge in [-0.2, -0.15) is 13.2 Å². The van der Waals surface area contributed by atoms with Gasteiger partial charge in [0, 0.05) is 12.5 Å². The minimum absolute atomic E-state index is 0.313. The highest BCUT2D eigenvalue weighted by Crippen LogP contribution is 2.36. The van der Waals surface area contributed by atoms with Crippen LogP contribution < -0.4 is 0 Å². The SMILES string of the molecule is CC(=O)c1oc(C(F)(F)F)c(C(=O)O)c1C. The van der Waals surface area contributed by atoms with Crippen LogP contribution in [0.4, 0.5) is 13.2 Å². The number of halogens is 3. The molecule has 0 radical (unpaired) electrons. The first-order valence-corrected chi connectivity index (χ1v) is 4.11. The van der Waals surface area contributed by atoms with Crippen molar-refractivity contribution in [2.75, 3.05) is 0 Å². The molecular weight excluding hydrogens is 229 g/mol. The molecule has 4 nitrogen and oxygen atoms in total. The molecule has 0 aromatic carbocycles. The van der Waals surface area contributed by atoms with Gasteiger partial charge in [-0.25, -0.2) is 4.79 Å². The second-order valence-corrected chi connectivity index (χ2v) is 3.12. The fourth-order valence-corrected chi connectivity index (χ4v) is 1.31. The summed E-state index contributed by atoms with van der Waals surface area (Å²) >= 11 is 0. The van der Waals surface area contributed by atoms with Crippen LogP contribution in [0.5, 0.6) is 0 Å². The second-order valence-electron chi connectivity index (χ2n) is 3.12. The summed E-state index contributed by atoms with van der Waals surface area (Å²) in [6, 6.07) is 0. The van der Waals surface area contributed by atoms with Gasteiger partial charge in [0.05, 0.1) is 0 Å². The molecule has 0 amide bonds. The van der Waals surface area contributed by atoms with E-state index in [1.54, 1.807) is 0 Å². The van der Waals surface area contributed by atoms with E-state index in [0.717, 1.165) is 13.8 Å². The molecule has 0 bridgehead atoms. The molecular formula is C9H7F3O4. The summed E-state index contributed by atoms with van der Waals surface area (Å²) in [5.41, 5.74) is -1.33. The largest absolute Gasteiger partial charge is 0.478 e. The van der Waals surface area contributed by atoms with E-state index in [1.807, 2.05) is 0 Å². The molecule has 1 heterocycles. The molecule has 1 N–H and O–H groups in total. The van der Waals surface area contributed by atoms with Crippen molar-refractivity contribution in [3.05, 3.63) is 22.6 Å². The van der Waals surface area contributed by atoms with E-state index < -0.39 is 35.0 Å². The molecule has 0 atom stereocenters. The maximum Gasteiger partial charge on any atom is 0.450 e. The first-order valence-electron chi connectivity index (χ1n) is 4.11. The van der Waals surface area contributed by atoms with E-state index in [-0.39, 0.29) is 5.56 Å². The summed E-state index contributed by atoms with van der Waals surface area (Å²) in [5, 5.41) is 8.63. The predicted octanol–water partition coefficient (Wildman–Crippen LogP) is 2.51. The lowest BCUT2D eigenvalue weighted by molar-refractivity contribution is -0.153. The van der Waals surface area contributed by atoms with Crippen LogP contribution in [0.2, 0.25) is 0 Å². The molecule has 0 unspecified atom stereocenters. The molecule has 0 fully saturated rings. The van der Waals surface area contributed by atoms with Crippen LogP contribution in [0.3, 0.4) is 0 Å². The van der Waals surface area contributed by atoms with Gasteiger partial charge in [-0.05, 0) is 6.92 Å². The van der Waals surface area contributed by atoms with Crippen molar-refractivity contribution in [1.29, 1.82) is 0 Å². The third-order valence-corrected chi connectivity index (χ3v) is 1.94. The highest BCUT2D eigenvalue weighted by Gasteiger charge is 2.42. The van der Waals surface area contributed by atoms with E-state index in [1.165, 1.54) is 0 Å². The average molecular weight is 236 g/mol. The Balaban J connectivity index is 3.56. The molecule has 0 aliphatic rings. The summed E-state index contributed by atoms with van der Waals surface area (Å²) in [7, 11) is 0. The van der Waals surface area contributed by atoms with Crippen molar-refractivity contribution >= 4 is 11.8 Å². The number of carbonyl (C=O) groups is 2. The average Bonchev–Trinajstić information content (AvgIpc) is 2.41. The van der Waals surface area contributed by atoms with Gasteiger partial charge >= 0.3 is 12.1 Å². The van der Waals surface area contributed by atoms with Crippen LogP contribution in [0.25, 0.3) is 0 Å². The van der Waals surface area contributed by atoms with E-state index >= 15 is 0 Å². The lowest BCUT2D eigenvalue weighted by Crippen LogP contribution is -2.10. The summed E-state index contributed by atoms with van der Waals surface area (Å²) in [5.74, 6) is -4.76. The first kappa shape index (κ1) is 12.3. The maximum absolute atomic E-state index is 12.4. The number of alkyl halides is 3. The smallest absolute Gasteiger partial charge is 0.450 e. The zero-order chi connectivity index (χ0) is 12.7. The van der Waals surface area contributed by atoms with Crippen LogP contribution in [0.15, 0.2) is 4.42 Å². The third kappa shape index (κ3) is 1.93. The predicted molar refractivity (Wildman–Crippen MR) is 45.4 cm³/mol. The van der Waals surface area contributed by atoms with Crippen LogP contribution in [-0.2, 0) is 6.18 Å². The number of ketones is 1. The van der Waals surface area contributed by atoms with Gasteiger partial charge in [0.25, 0.3) is 0 Å². The molecule has 1 aromatic heterocycles. The number of aromatic carboxylic acids is 1. The fraction of sp³-hybridized carbons (Fsp3) is 0.333. The number of carboxylic acid groups (broad SMARTS) is 1. The lowest BCUT2D eigenvalue weighted by Gasteiger charge is -2.02. The molecule has 0 aliphatic carbocycles. The molecule has 16 heavy (non-hydrogen) atoms. The van der Waals surface area contributed by atoms with E-state index in [2.05, 4.69) is 4.42 Å². The molecule has 0 saturated heterocycles. The Morgan fingerprint density at radius 3 is 2.06 bits per heavy atom. The van der Waals surface area contributed by atoms with Gasteiger partial charge in [0.2, 0.25) is 5.76 Å². The van der Waals surface area contributed by atoms with Gasteiger partial charge in [-0.1, -0.05) is 0 Å². The van der Waals surface area contributed by atoms with Crippen molar-refractivity contribution < 1.29 is 32.3 Å². The number of furan rings is 1. The molecule has 1 aromatic rings. The van der Waals surface area contributed by atoms with Gasteiger partial charge in [0.1, 0.15) is 5.56 Å². The van der Waals surface area contributed by atoms with E-state index in [9.17, 15) is 22.8 Å². The number of hydrogen-bond donors (Lipinski definition) is 1. The van der Waals surface area contributed by atoms with Gasteiger partial charge in [0.15, 0.2) is 11.5 Å². The Bertz CT molecular complexity index is 456. The first-order chi connectivity index (χ1) is 7.16. The van der Waals surface area contributed by atoms with Crippen molar-refractivity contribution in [2.45, 2.75) is 20.0 Å².